The van der Waals surface area contributed by atoms with E-state index in [0.717, 1.165) is 12.8 Å². The van der Waals surface area contributed by atoms with Crippen molar-refractivity contribution in [1.82, 2.24) is 0 Å². The molecule has 16 heavy (non-hydrogen) atoms. The van der Waals surface area contributed by atoms with Gasteiger partial charge in [0.15, 0.2) is 0 Å². The predicted octanol–water partition coefficient (Wildman–Crippen LogP) is 4.74. The molecule has 0 radical (unpaired) electrons. The van der Waals surface area contributed by atoms with Crippen LogP contribution in [0.5, 0.6) is 0 Å². The lowest BCUT2D eigenvalue weighted by molar-refractivity contribution is 0.229. The summed E-state index contributed by atoms with van der Waals surface area (Å²) in [7, 11) is -2.96. The van der Waals surface area contributed by atoms with Gasteiger partial charge in [-0.15, -0.1) is 0 Å². The predicted molar refractivity (Wildman–Crippen MR) is 68.8 cm³/mol. The van der Waals surface area contributed by atoms with Crippen molar-refractivity contribution in [1.29, 1.82) is 0 Å². The molecule has 3 nitrogen and oxygen atoms in total. The Morgan fingerprint density at radius 1 is 1.00 bits per heavy atom. The van der Waals surface area contributed by atoms with Crippen LogP contribution in [0.3, 0.4) is 0 Å². The first-order valence-electron chi connectivity index (χ1n) is 6.25. The summed E-state index contributed by atoms with van der Waals surface area (Å²) >= 11 is 0. The van der Waals surface area contributed by atoms with E-state index in [9.17, 15) is 4.57 Å². The third kappa shape index (κ3) is 8.09. The number of allylic oxidation sites excluding steroid dienone is 1. The van der Waals surface area contributed by atoms with Crippen molar-refractivity contribution >= 4 is 7.60 Å². The Balaban J connectivity index is 3.89. The molecule has 0 aliphatic rings. The van der Waals surface area contributed by atoms with Gasteiger partial charge < -0.3 is 9.05 Å². The van der Waals surface area contributed by atoms with Gasteiger partial charge in [-0.3, -0.25) is 4.57 Å². The van der Waals surface area contributed by atoms with E-state index in [1.54, 1.807) is 5.82 Å². The minimum Gasteiger partial charge on any atom is -0.306 e. The zero-order valence-corrected chi connectivity index (χ0v) is 11.7. The van der Waals surface area contributed by atoms with Gasteiger partial charge in [-0.1, -0.05) is 32.3 Å². The number of rotatable bonds is 10. The fourth-order valence-corrected chi connectivity index (χ4v) is 2.75. The fourth-order valence-electron chi connectivity index (χ4n) is 1.38. The van der Waals surface area contributed by atoms with Crippen molar-refractivity contribution in [3.8, 4) is 0 Å². The highest BCUT2D eigenvalue weighted by Crippen LogP contribution is 2.49. The molecule has 0 unspecified atom stereocenters. The summed E-state index contributed by atoms with van der Waals surface area (Å²) in [6.07, 6.45) is 7.74. The Hall–Kier alpha value is -0.110. The van der Waals surface area contributed by atoms with Crippen LogP contribution >= 0.6 is 7.60 Å². The summed E-state index contributed by atoms with van der Waals surface area (Å²) in [5, 5.41) is 0. The second kappa shape index (κ2) is 10.1. The summed E-state index contributed by atoms with van der Waals surface area (Å²) in [6, 6.07) is 0. The SMILES string of the molecule is CCCCCC/C=C\P(=O)(OCC)OCC. The Morgan fingerprint density at radius 2 is 1.62 bits per heavy atom. The molecule has 0 saturated carbocycles. The van der Waals surface area contributed by atoms with E-state index < -0.39 is 7.60 Å². The van der Waals surface area contributed by atoms with Crippen molar-refractivity contribution < 1.29 is 13.6 Å². The van der Waals surface area contributed by atoms with E-state index in [1.165, 1.54) is 19.3 Å². The zero-order chi connectivity index (χ0) is 12.3. The molecule has 0 aromatic heterocycles. The molecule has 0 aromatic rings. The van der Waals surface area contributed by atoms with E-state index in [1.807, 2.05) is 19.9 Å². The molecule has 0 rings (SSSR count). The summed E-state index contributed by atoms with van der Waals surface area (Å²) in [6.45, 7) is 6.66. The average molecular weight is 248 g/mol. The molecule has 0 bridgehead atoms. The minimum absolute atomic E-state index is 0.414. The van der Waals surface area contributed by atoms with Crippen LogP contribution in [0.1, 0.15) is 52.9 Å². The Morgan fingerprint density at radius 3 is 2.12 bits per heavy atom. The van der Waals surface area contributed by atoms with E-state index >= 15 is 0 Å². The van der Waals surface area contributed by atoms with Crippen LogP contribution in [0.25, 0.3) is 0 Å². The highest BCUT2D eigenvalue weighted by atomic mass is 31.2. The van der Waals surface area contributed by atoms with Gasteiger partial charge in [-0.05, 0) is 26.7 Å². The lowest BCUT2D eigenvalue weighted by Crippen LogP contribution is -1.92. The van der Waals surface area contributed by atoms with Gasteiger partial charge in [0.2, 0.25) is 0 Å². The van der Waals surface area contributed by atoms with Gasteiger partial charge in [0, 0.05) is 5.82 Å². The van der Waals surface area contributed by atoms with E-state index in [4.69, 9.17) is 9.05 Å². The third-order valence-electron chi connectivity index (χ3n) is 2.13. The van der Waals surface area contributed by atoms with Crippen molar-refractivity contribution in [2.75, 3.05) is 13.2 Å². The van der Waals surface area contributed by atoms with Crippen LogP contribution < -0.4 is 0 Å². The summed E-state index contributed by atoms with van der Waals surface area (Å²) in [5.41, 5.74) is 0. The number of unbranched alkanes of at least 4 members (excludes halogenated alkanes) is 4. The molecule has 4 heteroatoms. The number of hydrogen-bond acceptors (Lipinski definition) is 3. The second-order valence-electron chi connectivity index (χ2n) is 3.61. The smallest absolute Gasteiger partial charge is 0.306 e. The molecule has 0 atom stereocenters. The molecule has 0 aliphatic carbocycles. The van der Waals surface area contributed by atoms with Crippen LogP contribution in [0.15, 0.2) is 11.9 Å². The second-order valence-corrected chi connectivity index (χ2v) is 5.50. The molecule has 0 amide bonds. The summed E-state index contributed by atoms with van der Waals surface area (Å²) in [5.74, 6) is 1.60. The third-order valence-corrected chi connectivity index (χ3v) is 3.94. The lowest BCUT2D eigenvalue weighted by atomic mass is 10.2. The fraction of sp³-hybridized carbons (Fsp3) is 0.833. The van der Waals surface area contributed by atoms with Crippen LogP contribution in [-0.4, -0.2) is 13.2 Å². The van der Waals surface area contributed by atoms with E-state index in [0.29, 0.717) is 13.2 Å². The standard InChI is InChI=1S/C12H25O3P/c1-4-7-8-9-10-11-12-16(13,14-5-2)15-6-3/h11-12H,4-10H2,1-3H3/b12-11-. The van der Waals surface area contributed by atoms with Crippen LogP contribution in [0, 0.1) is 0 Å². The van der Waals surface area contributed by atoms with Gasteiger partial charge in [0.1, 0.15) is 0 Å². The quantitative estimate of drug-likeness (QED) is 0.414. The largest absolute Gasteiger partial charge is 0.353 e. The first-order valence-corrected chi connectivity index (χ1v) is 7.86. The molecule has 0 aromatic carbocycles. The van der Waals surface area contributed by atoms with Crippen molar-refractivity contribution in [2.24, 2.45) is 0 Å². The van der Waals surface area contributed by atoms with Crippen molar-refractivity contribution in [3.63, 3.8) is 0 Å². The zero-order valence-electron chi connectivity index (χ0n) is 10.8. The van der Waals surface area contributed by atoms with Crippen molar-refractivity contribution in [3.05, 3.63) is 11.9 Å². The molecule has 96 valence electrons. The monoisotopic (exact) mass is 248 g/mol. The molecule has 0 heterocycles. The molecule has 0 N–H and O–H groups in total. The maximum Gasteiger partial charge on any atom is 0.353 e. The Kier molecular flexibility index (Phi) is 10.0. The highest BCUT2D eigenvalue weighted by Gasteiger charge is 2.18. The maximum absolute atomic E-state index is 12.0. The topological polar surface area (TPSA) is 35.5 Å². The molecule has 0 spiro atoms. The summed E-state index contributed by atoms with van der Waals surface area (Å²) in [4.78, 5) is 0. The summed E-state index contributed by atoms with van der Waals surface area (Å²) < 4.78 is 22.3. The molecule has 0 saturated heterocycles. The van der Waals surface area contributed by atoms with Crippen LogP contribution in [-0.2, 0) is 13.6 Å². The molecule has 0 aliphatic heterocycles. The van der Waals surface area contributed by atoms with E-state index in [2.05, 4.69) is 6.92 Å². The van der Waals surface area contributed by atoms with Gasteiger partial charge >= 0.3 is 7.60 Å². The van der Waals surface area contributed by atoms with Crippen molar-refractivity contribution in [2.45, 2.75) is 52.9 Å². The normalized spacial score (nSPS) is 12.4. The Bertz CT molecular complexity index is 216. The molecule has 0 fully saturated rings. The first kappa shape index (κ1) is 15.9. The Labute approximate surface area is 99.8 Å². The average Bonchev–Trinajstić information content (AvgIpc) is 2.24. The van der Waals surface area contributed by atoms with Crippen LogP contribution in [0.2, 0.25) is 0 Å². The number of hydrogen-bond donors (Lipinski definition) is 0. The van der Waals surface area contributed by atoms with Gasteiger partial charge in [-0.2, -0.15) is 0 Å². The lowest BCUT2D eigenvalue weighted by Gasteiger charge is -2.12. The van der Waals surface area contributed by atoms with Gasteiger partial charge in [0.05, 0.1) is 13.2 Å². The van der Waals surface area contributed by atoms with E-state index in [-0.39, 0.29) is 0 Å². The first-order chi connectivity index (χ1) is 7.68. The van der Waals surface area contributed by atoms with Gasteiger partial charge in [-0.25, -0.2) is 0 Å². The maximum atomic E-state index is 12.0. The molecular formula is C12H25O3P. The van der Waals surface area contributed by atoms with Gasteiger partial charge in [0.25, 0.3) is 0 Å². The molecular weight excluding hydrogens is 223 g/mol. The van der Waals surface area contributed by atoms with Crippen LogP contribution in [0.4, 0.5) is 0 Å². The minimum atomic E-state index is -2.96. The highest BCUT2D eigenvalue weighted by molar-refractivity contribution is 7.57.